The van der Waals surface area contributed by atoms with Gasteiger partial charge in [-0.15, -0.1) is 23.1 Å². The number of rotatable bonds is 2. The van der Waals surface area contributed by atoms with Gasteiger partial charge in [0.2, 0.25) is 0 Å². The molecule has 0 spiro atoms. The highest BCUT2D eigenvalue weighted by molar-refractivity contribution is 8.06. The van der Waals surface area contributed by atoms with E-state index in [0.717, 1.165) is 32.8 Å². The molecule has 1 atom stereocenters. The van der Waals surface area contributed by atoms with Gasteiger partial charge in [0.1, 0.15) is 0 Å². The third-order valence-electron chi connectivity index (χ3n) is 2.66. The predicted molar refractivity (Wildman–Crippen MR) is 79.3 cm³/mol. The SMILES string of the molecule is Cc1cc(-c2nc(C3CSCCS3)no2)c(N)s1. The zero-order valence-corrected chi connectivity index (χ0v) is 12.3. The van der Waals surface area contributed by atoms with Crippen LogP contribution in [0.5, 0.6) is 0 Å². The Labute approximate surface area is 118 Å². The Balaban J connectivity index is 1.86. The van der Waals surface area contributed by atoms with Gasteiger partial charge in [0.05, 0.1) is 15.8 Å². The van der Waals surface area contributed by atoms with E-state index in [1.165, 1.54) is 5.75 Å². The number of hydrogen-bond donors (Lipinski definition) is 1. The van der Waals surface area contributed by atoms with Crippen LogP contribution in [0.4, 0.5) is 5.00 Å². The fourth-order valence-corrected chi connectivity index (χ4v) is 5.18. The van der Waals surface area contributed by atoms with E-state index in [4.69, 9.17) is 10.3 Å². The molecule has 2 N–H and O–H groups in total. The lowest BCUT2D eigenvalue weighted by Gasteiger charge is -2.16. The summed E-state index contributed by atoms with van der Waals surface area (Å²) in [6, 6.07) is 2.00. The van der Waals surface area contributed by atoms with Gasteiger partial charge in [-0.3, -0.25) is 0 Å². The van der Waals surface area contributed by atoms with Gasteiger partial charge in [0.15, 0.2) is 5.82 Å². The zero-order valence-electron chi connectivity index (χ0n) is 9.88. The summed E-state index contributed by atoms with van der Waals surface area (Å²) in [6.07, 6.45) is 0. The Morgan fingerprint density at radius 3 is 3.00 bits per heavy atom. The summed E-state index contributed by atoms with van der Waals surface area (Å²) in [7, 11) is 0. The van der Waals surface area contributed by atoms with Crippen LogP contribution in [0.1, 0.15) is 16.0 Å². The molecular weight excluding hydrogens is 286 g/mol. The molecule has 4 nitrogen and oxygen atoms in total. The molecule has 2 aromatic heterocycles. The Morgan fingerprint density at radius 1 is 1.44 bits per heavy atom. The number of nitrogens with zero attached hydrogens (tertiary/aromatic N) is 2. The van der Waals surface area contributed by atoms with Crippen LogP contribution < -0.4 is 5.73 Å². The van der Waals surface area contributed by atoms with E-state index in [9.17, 15) is 0 Å². The van der Waals surface area contributed by atoms with Gasteiger partial charge >= 0.3 is 0 Å². The van der Waals surface area contributed by atoms with Crippen molar-refractivity contribution >= 4 is 39.9 Å². The summed E-state index contributed by atoms with van der Waals surface area (Å²) >= 11 is 5.39. The van der Waals surface area contributed by atoms with Crippen molar-refractivity contribution < 1.29 is 4.52 Å². The molecule has 1 saturated heterocycles. The first kappa shape index (κ1) is 12.4. The topological polar surface area (TPSA) is 64.9 Å². The molecule has 0 saturated carbocycles. The number of aryl methyl sites for hydroxylation is 1. The molecule has 1 unspecified atom stereocenters. The summed E-state index contributed by atoms with van der Waals surface area (Å²) in [4.78, 5) is 5.65. The van der Waals surface area contributed by atoms with Crippen LogP contribution in [0.25, 0.3) is 11.5 Å². The van der Waals surface area contributed by atoms with E-state index in [1.54, 1.807) is 11.3 Å². The average molecular weight is 299 g/mol. The molecular formula is C11H13N3OS3. The second kappa shape index (κ2) is 5.14. The highest BCUT2D eigenvalue weighted by Gasteiger charge is 2.23. The van der Waals surface area contributed by atoms with Crippen molar-refractivity contribution in [3.05, 3.63) is 16.8 Å². The molecule has 3 rings (SSSR count). The van der Waals surface area contributed by atoms with Crippen LogP contribution in [-0.2, 0) is 0 Å². The summed E-state index contributed by atoms with van der Waals surface area (Å²) in [5, 5.41) is 5.19. The van der Waals surface area contributed by atoms with Gasteiger partial charge in [0, 0.05) is 22.1 Å². The molecule has 0 amide bonds. The first-order valence-corrected chi connectivity index (χ1v) is 8.65. The summed E-state index contributed by atoms with van der Waals surface area (Å²) in [6.45, 7) is 2.02. The number of nitrogen functional groups attached to an aromatic ring is 1. The third-order valence-corrected chi connectivity index (χ3v) is 6.29. The second-order valence-corrected chi connectivity index (χ2v) is 7.78. The molecule has 0 aromatic carbocycles. The first-order chi connectivity index (χ1) is 8.74. The van der Waals surface area contributed by atoms with Gasteiger partial charge < -0.3 is 10.3 Å². The maximum Gasteiger partial charge on any atom is 0.260 e. The van der Waals surface area contributed by atoms with Crippen molar-refractivity contribution in [3.8, 4) is 11.5 Å². The standard InChI is InChI=1S/C11H13N3OS3/c1-6-4-7(9(12)18-6)11-13-10(14-15-11)8-5-16-2-3-17-8/h4,8H,2-3,5,12H2,1H3. The zero-order chi connectivity index (χ0) is 12.5. The fourth-order valence-electron chi connectivity index (χ4n) is 1.81. The van der Waals surface area contributed by atoms with E-state index in [-0.39, 0.29) is 0 Å². The summed E-state index contributed by atoms with van der Waals surface area (Å²) < 4.78 is 5.34. The minimum Gasteiger partial charge on any atom is -0.390 e. The number of aromatic nitrogens is 2. The number of thiophene rings is 1. The third kappa shape index (κ3) is 2.39. The molecule has 96 valence electrons. The lowest BCUT2D eigenvalue weighted by atomic mass is 10.3. The van der Waals surface area contributed by atoms with Gasteiger partial charge in [0.25, 0.3) is 5.89 Å². The second-order valence-electron chi connectivity index (χ2n) is 4.03. The van der Waals surface area contributed by atoms with E-state index >= 15 is 0 Å². The quantitative estimate of drug-likeness (QED) is 0.918. The first-order valence-electron chi connectivity index (χ1n) is 5.63. The lowest BCUT2D eigenvalue weighted by Crippen LogP contribution is -2.07. The van der Waals surface area contributed by atoms with Crippen molar-refractivity contribution in [3.63, 3.8) is 0 Å². The number of anilines is 1. The van der Waals surface area contributed by atoms with Crippen LogP contribution in [0.15, 0.2) is 10.6 Å². The molecule has 1 aliphatic heterocycles. The van der Waals surface area contributed by atoms with Crippen LogP contribution >= 0.6 is 34.9 Å². The van der Waals surface area contributed by atoms with Crippen LogP contribution in [-0.4, -0.2) is 27.4 Å². The van der Waals surface area contributed by atoms with Gasteiger partial charge in [-0.2, -0.15) is 16.7 Å². The number of hydrogen-bond acceptors (Lipinski definition) is 7. The number of nitrogens with two attached hydrogens (primary N) is 1. The largest absolute Gasteiger partial charge is 0.390 e. The molecule has 2 aromatic rings. The highest BCUT2D eigenvalue weighted by Crippen LogP contribution is 2.37. The molecule has 7 heteroatoms. The molecule has 0 aliphatic carbocycles. The maximum absolute atomic E-state index is 5.94. The van der Waals surface area contributed by atoms with Crippen molar-refractivity contribution in [2.45, 2.75) is 12.2 Å². The fraction of sp³-hybridized carbons (Fsp3) is 0.455. The van der Waals surface area contributed by atoms with E-state index in [0.29, 0.717) is 11.1 Å². The smallest absolute Gasteiger partial charge is 0.260 e. The maximum atomic E-state index is 5.94. The van der Waals surface area contributed by atoms with Gasteiger partial charge in [-0.1, -0.05) is 5.16 Å². The number of thioether (sulfide) groups is 2. The average Bonchev–Trinajstić information content (AvgIpc) is 2.97. The minimum atomic E-state index is 0.349. The Bertz CT molecular complexity index is 545. The normalized spacial score (nSPS) is 20.2. The van der Waals surface area contributed by atoms with Crippen molar-refractivity contribution in [2.75, 3.05) is 23.0 Å². The van der Waals surface area contributed by atoms with Crippen molar-refractivity contribution in [2.24, 2.45) is 0 Å². The molecule has 1 fully saturated rings. The van der Waals surface area contributed by atoms with E-state index in [1.807, 2.05) is 36.5 Å². The Kier molecular flexibility index (Phi) is 3.54. The Morgan fingerprint density at radius 2 is 2.33 bits per heavy atom. The van der Waals surface area contributed by atoms with Gasteiger partial charge in [-0.25, -0.2) is 0 Å². The van der Waals surface area contributed by atoms with Crippen molar-refractivity contribution in [1.29, 1.82) is 0 Å². The molecule has 1 aliphatic rings. The molecule has 3 heterocycles. The van der Waals surface area contributed by atoms with E-state index in [2.05, 4.69) is 10.1 Å². The monoisotopic (exact) mass is 299 g/mol. The van der Waals surface area contributed by atoms with Gasteiger partial charge in [-0.05, 0) is 13.0 Å². The van der Waals surface area contributed by atoms with Crippen LogP contribution in [0, 0.1) is 6.92 Å². The van der Waals surface area contributed by atoms with E-state index < -0.39 is 0 Å². The molecule has 18 heavy (non-hydrogen) atoms. The van der Waals surface area contributed by atoms with Crippen molar-refractivity contribution in [1.82, 2.24) is 10.1 Å². The minimum absolute atomic E-state index is 0.349. The lowest BCUT2D eigenvalue weighted by molar-refractivity contribution is 0.423. The Hall–Kier alpha value is -0.660. The van der Waals surface area contributed by atoms with Crippen LogP contribution in [0.3, 0.4) is 0 Å². The van der Waals surface area contributed by atoms with Crippen LogP contribution in [0.2, 0.25) is 0 Å². The highest BCUT2D eigenvalue weighted by atomic mass is 32.2. The molecule has 0 bridgehead atoms. The molecule has 0 radical (unpaired) electrons. The summed E-state index contributed by atoms with van der Waals surface area (Å²) in [5.41, 5.74) is 6.81. The summed E-state index contributed by atoms with van der Waals surface area (Å²) in [5.74, 6) is 4.76. The predicted octanol–water partition coefficient (Wildman–Crippen LogP) is 3.21.